The van der Waals surface area contributed by atoms with Crippen LogP contribution in [0.3, 0.4) is 0 Å². The van der Waals surface area contributed by atoms with Gasteiger partial charge in [-0.05, 0) is 90.6 Å². The Labute approximate surface area is 264 Å². The molecule has 242 valence electrons. The highest BCUT2D eigenvalue weighted by molar-refractivity contribution is 5.77. The Hall–Kier alpha value is -4.74. The highest BCUT2D eigenvalue weighted by Crippen LogP contribution is 2.41. The van der Waals surface area contributed by atoms with Crippen LogP contribution in [0.5, 0.6) is 11.5 Å². The number of ether oxygens (including phenoxy) is 2. The van der Waals surface area contributed by atoms with Crippen molar-refractivity contribution >= 4 is 11.8 Å². The lowest BCUT2D eigenvalue weighted by atomic mass is 9.95. The first-order valence-corrected chi connectivity index (χ1v) is 14.4. The molecule has 0 amide bonds. The average Bonchev–Trinajstić information content (AvgIpc) is 2.99. The normalized spacial score (nSPS) is 11.7. The Morgan fingerprint density at radius 1 is 0.652 bits per heavy atom. The number of hydrogen-bond donors (Lipinski definition) is 3. The van der Waals surface area contributed by atoms with E-state index in [0.717, 1.165) is 5.56 Å². The number of hydrogen-bond acceptors (Lipinski definition) is 6. The molecule has 0 aromatic heterocycles. The third kappa shape index (κ3) is 8.70. The molecule has 46 heavy (non-hydrogen) atoms. The molecule has 7 nitrogen and oxygen atoms in total. The van der Waals surface area contributed by atoms with Crippen LogP contribution in [0, 0.1) is 13.8 Å². The monoisotopic (exact) mass is 638 g/mol. The summed E-state index contributed by atoms with van der Waals surface area (Å²) < 4.78 is 71.3. The molecule has 0 aliphatic carbocycles. The van der Waals surface area contributed by atoms with Crippen molar-refractivity contribution in [2.24, 2.45) is 0 Å². The summed E-state index contributed by atoms with van der Waals surface area (Å²) in [5, 5.41) is 14.4. The summed E-state index contributed by atoms with van der Waals surface area (Å²) in [5.74, 6) is -1.23. The molecule has 4 aromatic carbocycles. The number of nitrogens with one attached hydrogen (secondary N) is 2. The molecule has 0 atom stereocenters. The van der Waals surface area contributed by atoms with E-state index in [1.165, 1.54) is 67.6 Å². The summed E-state index contributed by atoms with van der Waals surface area (Å²) in [6, 6.07) is 20.2. The highest BCUT2D eigenvalue weighted by Gasteiger charge is 2.36. The van der Waals surface area contributed by atoms with Gasteiger partial charge in [-0.15, -0.1) is 0 Å². The number of carbonyl (C=O) groups excluding carboxylic acids is 1. The Morgan fingerprint density at radius 3 is 1.41 bits per heavy atom. The summed E-state index contributed by atoms with van der Waals surface area (Å²) in [4.78, 5) is 21.8. The van der Waals surface area contributed by atoms with Gasteiger partial charge in [-0.25, -0.2) is 0 Å². The molecule has 4 rings (SSSR count). The molecule has 0 aliphatic rings. The molecular formula is C35H34F4N2O5. The van der Waals surface area contributed by atoms with Gasteiger partial charge < -0.3 is 25.2 Å². The Bertz CT molecular complexity index is 1550. The standard InChI is InChI=1S/C35H34F4N2O5/c1-22(42)18-40-19-25-10-14-27(15-11-25)34(36,37)45-31-8-4-6-29(23(31)2)30-7-5-9-32(24(30)3)46-35(38,39)28-16-12-26(13-17-28)20-41-21-33(43)44/h4-17,40-41H,18-21H2,1-3H3,(H,43,44). The number of carboxylic acids is 1. The minimum Gasteiger partial charge on any atom is -0.480 e. The first-order valence-electron chi connectivity index (χ1n) is 14.4. The van der Waals surface area contributed by atoms with Crippen molar-refractivity contribution < 1.29 is 41.7 Å². The summed E-state index contributed by atoms with van der Waals surface area (Å²) in [6.07, 6.45) is -7.36. The summed E-state index contributed by atoms with van der Waals surface area (Å²) in [6.45, 7) is 5.13. The maximum Gasteiger partial charge on any atom is 0.426 e. The second-order valence-corrected chi connectivity index (χ2v) is 10.8. The number of benzene rings is 4. The van der Waals surface area contributed by atoms with Crippen molar-refractivity contribution in [3.63, 3.8) is 0 Å². The Kier molecular flexibility index (Phi) is 10.8. The average molecular weight is 639 g/mol. The molecule has 4 aromatic rings. The fraction of sp³-hybridized carbons (Fsp3) is 0.257. The van der Waals surface area contributed by atoms with Gasteiger partial charge in [0.1, 0.15) is 17.3 Å². The molecule has 0 bridgehead atoms. The van der Waals surface area contributed by atoms with Crippen LogP contribution in [0.4, 0.5) is 17.6 Å². The van der Waals surface area contributed by atoms with Gasteiger partial charge in [0.25, 0.3) is 0 Å². The van der Waals surface area contributed by atoms with E-state index in [4.69, 9.17) is 14.6 Å². The molecule has 11 heteroatoms. The molecule has 0 aliphatic heterocycles. The largest absolute Gasteiger partial charge is 0.480 e. The lowest BCUT2D eigenvalue weighted by Crippen LogP contribution is -2.23. The van der Waals surface area contributed by atoms with Crippen LogP contribution in [0.2, 0.25) is 0 Å². The van der Waals surface area contributed by atoms with Crippen LogP contribution in [-0.4, -0.2) is 29.9 Å². The smallest absolute Gasteiger partial charge is 0.426 e. The zero-order valence-electron chi connectivity index (χ0n) is 25.5. The predicted molar refractivity (Wildman–Crippen MR) is 165 cm³/mol. The number of carbonyl (C=O) groups is 2. The van der Waals surface area contributed by atoms with Crippen LogP contribution in [0.25, 0.3) is 11.1 Å². The molecule has 0 saturated carbocycles. The molecule has 0 radical (unpaired) electrons. The Morgan fingerprint density at radius 2 is 1.04 bits per heavy atom. The first kappa shape index (κ1) is 34.1. The van der Waals surface area contributed by atoms with Gasteiger partial charge in [0, 0.05) is 13.1 Å². The maximum absolute atomic E-state index is 15.2. The minimum absolute atomic E-state index is 0.0331. The van der Waals surface area contributed by atoms with Gasteiger partial charge in [0.15, 0.2) is 0 Å². The van der Waals surface area contributed by atoms with Crippen molar-refractivity contribution in [1.82, 2.24) is 10.6 Å². The van der Waals surface area contributed by atoms with Crippen molar-refractivity contribution in [3.05, 3.63) is 118 Å². The molecule has 0 heterocycles. The van der Waals surface area contributed by atoms with Gasteiger partial charge in [-0.1, -0.05) is 48.5 Å². The first-order chi connectivity index (χ1) is 21.8. The molecule has 0 saturated heterocycles. The molecule has 0 spiro atoms. The third-order valence-corrected chi connectivity index (χ3v) is 7.22. The Balaban J connectivity index is 1.51. The number of carboxylic acid groups (broad SMARTS) is 1. The fourth-order valence-electron chi connectivity index (χ4n) is 4.76. The third-order valence-electron chi connectivity index (χ3n) is 7.22. The lowest BCUT2D eigenvalue weighted by Gasteiger charge is -2.23. The molecule has 3 N–H and O–H groups in total. The van der Waals surface area contributed by atoms with Crippen molar-refractivity contribution in [2.45, 2.75) is 46.1 Å². The predicted octanol–water partition coefficient (Wildman–Crippen LogP) is 7.08. The van der Waals surface area contributed by atoms with Gasteiger partial charge >= 0.3 is 18.2 Å². The van der Waals surface area contributed by atoms with E-state index < -0.39 is 23.7 Å². The van der Waals surface area contributed by atoms with E-state index in [0.29, 0.717) is 34.4 Å². The van der Waals surface area contributed by atoms with Crippen LogP contribution in [0.1, 0.15) is 40.3 Å². The highest BCUT2D eigenvalue weighted by atomic mass is 19.3. The number of Topliss-reactive ketones (excluding diaryl/α,β-unsaturated/α-hetero) is 1. The molecular weight excluding hydrogens is 604 g/mol. The topological polar surface area (TPSA) is 96.9 Å². The SMILES string of the molecule is CC(=O)CNCc1ccc(C(F)(F)Oc2cccc(-c3cccc(OC(F)(F)c4ccc(CNCC(=O)O)cc4)c3C)c2C)cc1. The number of rotatable bonds is 15. The van der Waals surface area contributed by atoms with Gasteiger partial charge in [0.2, 0.25) is 0 Å². The van der Waals surface area contributed by atoms with Gasteiger partial charge in [-0.3, -0.25) is 9.59 Å². The van der Waals surface area contributed by atoms with Crippen LogP contribution in [-0.2, 0) is 34.9 Å². The second kappa shape index (κ2) is 14.6. The minimum atomic E-state index is -3.70. The zero-order chi connectivity index (χ0) is 33.5. The fourth-order valence-corrected chi connectivity index (χ4v) is 4.76. The van der Waals surface area contributed by atoms with E-state index in [9.17, 15) is 9.59 Å². The summed E-state index contributed by atoms with van der Waals surface area (Å²) in [5.41, 5.74) is 2.36. The quantitative estimate of drug-likeness (QED) is 0.120. The number of halogens is 4. The summed E-state index contributed by atoms with van der Waals surface area (Å²) >= 11 is 0. The molecule has 0 fully saturated rings. The molecule has 0 unspecified atom stereocenters. The number of ketones is 1. The van der Waals surface area contributed by atoms with E-state index in [1.54, 1.807) is 38.1 Å². The van der Waals surface area contributed by atoms with Crippen molar-refractivity contribution in [2.75, 3.05) is 13.1 Å². The van der Waals surface area contributed by atoms with Gasteiger partial charge in [0.05, 0.1) is 24.2 Å². The van der Waals surface area contributed by atoms with E-state index in [1.807, 2.05) is 0 Å². The number of aliphatic carboxylic acids is 1. The van der Waals surface area contributed by atoms with E-state index >= 15 is 17.6 Å². The maximum atomic E-state index is 15.2. The van der Waals surface area contributed by atoms with E-state index in [-0.39, 0.29) is 42.5 Å². The van der Waals surface area contributed by atoms with Crippen LogP contribution < -0.4 is 20.1 Å². The van der Waals surface area contributed by atoms with Gasteiger partial charge in [-0.2, -0.15) is 17.6 Å². The van der Waals surface area contributed by atoms with Crippen LogP contribution >= 0.6 is 0 Å². The lowest BCUT2D eigenvalue weighted by molar-refractivity contribution is -0.186. The van der Waals surface area contributed by atoms with Crippen molar-refractivity contribution in [3.8, 4) is 22.6 Å². The summed E-state index contributed by atoms with van der Waals surface area (Å²) in [7, 11) is 0. The van der Waals surface area contributed by atoms with Crippen molar-refractivity contribution in [1.29, 1.82) is 0 Å². The van der Waals surface area contributed by atoms with Crippen LogP contribution in [0.15, 0.2) is 84.9 Å². The number of alkyl halides is 4. The second-order valence-electron chi connectivity index (χ2n) is 10.8. The zero-order valence-corrected chi connectivity index (χ0v) is 25.5. The van der Waals surface area contributed by atoms with E-state index in [2.05, 4.69) is 10.6 Å².